The van der Waals surface area contributed by atoms with Gasteiger partial charge in [0.15, 0.2) is 0 Å². The monoisotopic (exact) mass is 174 g/mol. The Balaban J connectivity index is 4.46. The molecule has 6 heteroatoms. The number of halogens is 5. The largest absolute Gasteiger partial charge is 0.457 e. The van der Waals surface area contributed by atoms with Crippen molar-refractivity contribution in [2.75, 3.05) is 0 Å². The van der Waals surface area contributed by atoms with Crippen LogP contribution in [0.5, 0.6) is 0 Å². The summed E-state index contributed by atoms with van der Waals surface area (Å²) in [5, 5.41) is 0. The molecule has 11 heavy (non-hydrogen) atoms. The fourth-order valence-corrected chi connectivity index (χ4v) is 0.255. The average molecular weight is 174 g/mol. The van der Waals surface area contributed by atoms with E-state index in [1.54, 1.807) is 0 Å². The van der Waals surface area contributed by atoms with E-state index in [2.05, 4.69) is 0 Å². The Morgan fingerprint density at radius 3 is 1.73 bits per heavy atom. The van der Waals surface area contributed by atoms with Crippen molar-refractivity contribution >= 4 is 6.29 Å². The molecule has 0 aromatic heterocycles. The lowest BCUT2D eigenvalue weighted by Gasteiger charge is -2.14. The Bertz CT molecular complexity index is 168. The number of carbonyl (C=O) groups is 1. The van der Waals surface area contributed by atoms with Gasteiger partial charge in [0.25, 0.3) is 0 Å². The van der Waals surface area contributed by atoms with Crippen LogP contribution in [-0.4, -0.2) is 18.4 Å². The van der Waals surface area contributed by atoms with E-state index in [0.29, 0.717) is 0 Å². The van der Waals surface area contributed by atoms with E-state index >= 15 is 0 Å². The average Bonchev–Trinajstić information content (AvgIpc) is 1.81. The molecule has 0 aliphatic carbocycles. The molecule has 0 aliphatic heterocycles. The summed E-state index contributed by atoms with van der Waals surface area (Å²) in [7, 11) is 0. The SMILES string of the molecule is O=C/C=C/C(F)(F)C(F)(F)F. The van der Waals surface area contributed by atoms with Gasteiger partial charge in [0, 0.05) is 0 Å². The zero-order valence-electron chi connectivity index (χ0n) is 5.03. The molecule has 0 aromatic carbocycles. The molecule has 0 rings (SSSR count). The van der Waals surface area contributed by atoms with Crippen LogP contribution in [0.2, 0.25) is 0 Å². The highest BCUT2D eigenvalue weighted by atomic mass is 19.4. The molecule has 0 atom stereocenters. The molecular weight excluding hydrogens is 171 g/mol. The highest BCUT2D eigenvalue weighted by Crippen LogP contribution is 2.36. The van der Waals surface area contributed by atoms with Crippen LogP contribution in [0, 0.1) is 0 Å². The van der Waals surface area contributed by atoms with Crippen molar-refractivity contribution in [3.05, 3.63) is 12.2 Å². The van der Waals surface area contributed by atoms with E-state index in [-0.39, 0.29) is 12.4 Å². The summed E-state index contributed by atoms with van der Waals surface area (Å²) in [6.45, 7) is 0. The van der Waals surface area contributed by atoms with Gasteiger partial charge < -0.3 is 0 Å². The quantitative estimate of drug-likeness (QED) is 0.355. The van der Waals surface area contributed by atoms with Gasteiger partial charge in [-0.15, -0.1) is 0 Å². The lowest BCUT2D eigenvalue weighted by atomic mass is 10.3. The van der Waals surface area contributed by atoms with Crippen LogP contribution in [0.3, 0.4) is 0 Å². The van der Waals surface area contributed by atoms with Crippen LogP contribution < -0.4 is 0 Å². The van der Waals surface area contributed by atoms with Crippen molar-refractivity contribution in [1.82, 2.24) is 0 Å². The molecule has 0 heterocycles. The molecule has 64 valence electrons. The summed E-state index contributed by atoms with van der Waals surface area (Å²) in [5.74, 6) is -4.92. The second-order valence-corrected chi connectivity index (χ2v) is 1.62. The second kappa shape index (κ2) is 2.98. The molecule has 0 fully saturated rings. The zero-order valence-corrected chi connectivity index (χ0v) is 5.03. The fraction of sp³-hybridized carbons (Fsp3) is 0.400. The maximum atomic E-state index is 11.7. The van der Waals surface area contributed by atoms with E-state index in [1.807, 2.05) is 0 Å². The number of alkyl halides is 5. The van der Waals surface area contributed by atoms with Crippen molar-refractivity contribution in [1.29, 1.82) is 0 Å². The van der Waals surface area contributed by atoms with Crippen LogP contribution in [0.4, 0.5) is 22.0 Å². The minimum Gasteiger partial charge on any atom is -0.299 e. The lowest BCUT2D eigenvalue weighted by Crippen LogP contribution is -2.34. The Kier molecular flexibility index (Phi) is 2.72. The number of rotatable bonds is 2. The van der Waals surface area contributed by atoms with Crippen molar-refractivity contribution < 1.29 is 26.7 Å². The molecule has 0 amide bonds. The van der Waals surface area contributed by atoms with E-state index in [0.717, 1.165) is 0 Å². The van der Waals surface area contributed by atoms with Crippen LogP contribution in [0.1, 0.15) is 0 Å². The van der Waals surface area contributed by atoms with Gasteiger partial charge >= 0.3 is 12.1 Å². The number of allylic oxidation sites excluding steroid dienone is 2. The van der Waals surface area contributed by atoms with Gasteiger partial charge in [0.2, 0.25) is 0 Å². The van der Waals surface area contributed by atoms with Crippen LogP contribution in [0.25, 0.3) is 0 Å². The second-order valence-electron chi connectivity index (χ2n) is 1.62. The van der Waals surface area contributed by atoms with Crippen molar-refractivity contribution in [3.8, 4) is 0 Å². The van der Waals surface area contributed by atoms with E-state index in [1.165, 1.54) is 0 Å². The van der Waals surface area contributed by atoms with Crippen molar-refractivity contribution in [2.24, 2.45) is 0 Å². The molecule has 0 unspecified atom stereocenters. The van der Waals surface area contributed by atoms with Crippen LogP contribution in [0.15, 0.2) is 12.2 Å². The van der Waals surface area contributed by atoms with Crippen molar-refractivity contribution in [3.63, 3.8) is 0 Å². The van der Waals surface area contributed by atoms with Gasteiger partial charge in [0.05, 0.1) is 0 Å². The topological polar surface area (TPSA) is 17.1 Å². The summed E-state index contributed by atoms with van der Waals surface area (Å²) in [5.41, 5.74) is 0. The minimum atomic E-state index is -5.63. The zero-order chi connectivity index (χ0) is 9.12. The molecule has 0 spiro atoms. The summed E-state index contributed by atoms with van der Waals surface area (Å²) in [6, 6.07) is 0. The molecular formula is C5H3F5O. The fourth-order valence-electron chi connectivity index (χ4n) is 0.255. The van der Waals surface area contributed by atoms with E-state index in [9.17, 15) is 26.7 Å². The number of hydrogen-bond acceptors (Lipinski definition) is 1. The lowest BCUT2D eigenvalue weighted by molar-refractivity contribution is -0.259. The number of hydrogen-bond donors (Lipinski definition) is 0. The van der Waals surface area contributed by atoms with Gasteiger partial charge in [-0.25, -0.2) is 0 Å². The Hall–Kier alpha value is -0.940. The summed E-state index contributed by atoms with van der Waals surface area (Å²) in [6.07, 6.45) is -6.18. The normalized spacial score (nSPS) is 13.9. The predicted molar refractivity (Wildman–Crippen MR) is 26.2 cm³/mol. The molecule has 0 aromatic rings. The molecule has 0 bridgehead atoms. The third-order valence-corrected chi connectivity index (χ3v) is 0.762. The highest BCUT2D eigenvalue weighted by molar-refractivity contribution is 5.64. The molecule has 1 nitrogen and oxygen atoms in total. The van der Waals surface area contributed by atoms with Gasteiger partial charge in [-0.3, -0.25) is 4.79 Å². The third kappa shape index (κ3) is 2.65. The maximum absolute atomic E-state index is 11.7. The molecule has 0 N–H and O–H groups in total. The first-order valence-electron chi connectivity index (χ1n) is 2.39. The smallest absolute Gasteiger partial charge is 0.299 e. The Morgan fingerprint density at radius 1 is 1.00 bits per heavy atom. The Morgan fingerprint density at radius 2 is 1.45 bits per heavy atom. The molecule has 0 aliphatic rings. The first kappa shape index (κ1) is 10.1. The van der Waals surface area contributed by atoms with E-state index in [4.69, 9.17) is 0 Å². The molecule has 0 saturated heterocycles. The standard InChI is InChI=1S/C5H3F5O/c6-4(7,2-1-3-11)5(8,9)10/h1-3H/b2-1+. The number of aldehydes is 1. The third-order valence-electron chi connectivity index (χ3n) is 0.762. The highest BCUT2D eigenvalue weighted by Gasteiger charge is 2.55. The van der Waals surface area contributed by atoms with Gasteiger partial charge in [-0.1, -0.05) is 0 Å². The summed E-state index contributed by atoms with van der Waals surface area (Å²) in [4.78, 5) is 9.39. The van der Waals surface area contributed by atoms with E-state index < -0.39 is 18.2 Å². The molecule has 0 saturated carbocycles. The summed E-state index contributed by atoms with van der Waals surface area (Å²) >= 11 is 0. The van der Waals surface area contributed by atoms with Gasteiger partial charge in [0.1, 0.15) is 6.29 Å². The molecule has 0 radical (unpaired) electrons. The van der Waals surface area contributed by atoms with Crippen LogP contribution in [-0.2, 0) is 4.79 Å². The van der Waals surface area contributed by atoms with Crippen LogP contribution >= 0.6 is 0 Å². The number of carbonyl (C=O) groups excluding carboxylic acids is 1. The summed E-state index contributed by atoms with van der Waals surface area (Å²) < 4.78 is 57.2. The van der Waals surface area contributed by atoms with Gasteiger partial charge in [-0.2, -0.15) is 22.0 Å². The minimum absolute atomic E-state index is 0.105. The predicted octanol–water partition coefficient (Wildman–Crippen LogP) is 1.94. The van der Waals surface area contributed by atoms with Crippen molar-refractivity contribution in [2.45, 2.75) is 12.1 Å². The first-order chi connectivity index (χ1) is 4.81. The van der Waals surface area contributed by atoms with Gasteiger partial charge in [-0.05, 0) is 12.2 Å². The maximum Gasteiger partial charge on any atom is 0.457 e. The Labute approximate surface area is 58.5 Å². The first-order valence-corrected chi connectivity index (χ1v) is 2.39.